The highest BCUT2D eigenvalue weighted by Crippen LogP contribution is 2.19. The molecule has 0 aliphatic carbocycles. The third-order valence-electron chi connectivity index (χ3n) is 5.67. The van der Waals surface area contributed by atoms with Gasteiger partial charge < -0.3 is 15.3 Å². The number of nitrogens with two attached hydrogens (primary N) is 1. The highest BCUT2D eigenvalue weighted by Gasteiger charge is 2.38. The van der Waals surface area contributed by atoms with E-state index in [9.17, 15) is 22.8 Å². The number of carbonyl (C=O) groups is 3. The third-order valence-corrected chi connectivity index (χ3v) is 5.89. The van der Waals surface area contributed by atoms with Crippen LogP contribution in [0.4, 0.5) is 19.0 Å². The van der Waals surface area contributed by atoms with Crippen molar-refractivity contribution in [3.8, 4) is 6.07 Å². The van der Waals surface area contributed by atoms with E-state index in [0.29, 0.717) is 17.4 Å². The van der Waals surface area contributed by atoms with Gasteiger partial charge in [-0.05, 0) is 37.8 Å². The molecule has 1 atom stereocenters. The van der Waals surface area contributed by atoms with Crippen molar-refractivity contribution in [2.24, 2.45) is 5.84 Å². The summed E-state index contributed by atoms with van der Waals surface area (Å²) < 4.78 is 31.7. The van der Waals surface area contributed by atoms with Crippen LogP contribution in [-0.4, -0.2) is 93.7 Å². The Morgan fingerprint density at radius 1 is 1.25 bits per heavy atom. The van der Waals surface area contributed by atoms with Crippen LogP contribution >= 0.6 is 11.6 Å². The van der Waals surface area contributed by atoms with Crippen molar-refractivity contribution in [3.63, 3.8) is 0 Å². The lowest BCUT2D eigenvalue weighted by atomic mass is 10.0. The molecule has 1 aromatic heterocycles. The number of aliphatic carboxylic acids is 1. The number of hydrogen-bond donors (Lipinski definition) is 3. The summed E-state index contributed by atoms with van der Waals surface area (Å²) in [6.45, 7) is 2.46. The fourth-order valence-corrected chi connectivity index (χ4v) is 3.93. The predicted molar refractivity (Wildman–Crippen MR) is 122 cm³/mol. The molecule has 36 heavy (non-hydrogen) atoms. The van der Waals surface area contributed by atoms with Crippen LogP contribution in [0, 0.1) is 11.3 Å². The Labute approximate surface area is 210 Å². The van der Waals surface area contributed by atoms with Crippen molar-refractivity contribution in [2.75, 3.05) is 38.0 Å². The second-order valence-electron chi connectivity index (χ2n) is 8.27. The molecule has 2 saturated heterocycles. The molecule has 3 rings (SSSR count). The number of hydrogen-bond acceptors (Lipinski definition) is 8. The second kappa shape index (κ2) is 13.4. The molecular weight excluding hydrogens is 507 g/mol. The lowest BCUT2D eigenvalue weighted by molar-refractivity contribution is -0.192. The number of hydrazine groups is 1. The number of nitrogens with one attached hydrogen (secondary N) is 1. The zero-order chi connectivity index (χ0) is 26.9. The van der Waals surface area contributed by atoms with Crippen LogP contribution < -0.4 is 11.2 Å². The summed E-state index contributed by atoms with van der Waals surface area (Å²) in [4.78, 5) is 41.3. The van der Waals surface area contributed by atoms with Gasteiger partial charge >= 0.3 is 12.1 Å². The number of alkyl halides is 3. The van der Waals surface area contributed by atoms with Crippen molar-refractivity contribution < 1.29 is 32.7 Å². The fraction of sp³-hybridized carbons (Fsp3) is 0.571. The maximum atomic E-state index is 12.4. The molecule has 2 amide bonds. The van der Waals surface area contributed by atoms with E-state index in [-0.39, 0.29) is 37.0 Å². The molecule has 1 aromatic rings. The molecule has 0 saturated carbocycles. The number of amides is 2. The summed E-state index contributed by atoms with van der Waals surface area (Å²) >= 11 is 5.79. The number of halogens is 4. The number of carboxylic acid groups (broad SMARTS) is 1. The van der Waals surface area contributed by atoms with Gasteiger partial charge in [-0.25, -0.2) is 14.8 Å². The number of nitrogens with zero attached hydrogens (tertiary/aromatic N) is 5. The zero-order valence-electron chi connectivity index (χ0n) is 19.2. The van der Waals surface area contributed by atoms with Gasteiger partial charge in [0.15, 0.2) is 0 Å². The van der Waals surface area contributed by atoms with Crippen molar-refractivity contribution in [2.45, 2.75) is 43.9 Å². The van der Waals surface area contributed by atoms with Gasteiger partial charge in [0.2, 0.25) is 11.8 Å². The molecule has 0 bridgehead atoms. The summed E-state index contributed by atoms with van der Waals surface area (Å²) in [5.74, 6) is 3.65. The normalized spacial score (nSPS) is 18.8. The van der Waals surface area contributed by atoms with E-state index in [1.54, 1.807) is 22.0 Å². The third kappa shape index (κ3) is 9.23. The van der Waals surface area contributed by atoms with E-state index in [2.05, 4.69) is 21.3 Å². The first-order valence-electron chi connectivity index (χ1n) is 11.0. The lowest BCUT2D eigenvalue weighted by Crippen LogP contribution is -2.53. The van der Waals surface area contributed by atoms with E-state index in [4.69, 9.17) is 32.6 Å². The summed E-state index contributed by atoms with van der Waals surface area (Å²) in [7, 11) is 0. The average molecular weight is 534 g/mol. The summed E-state index contributed by atoms with van der Waals surface area (Å²) in [6.07, 6.45) is -0.448. The number of likely N-dealkylation sites (tertiary alicyclic amines) is 2. The standard InChI is InChI=1S/C19H26ClN7O2.C2HF3O2/c20-14-3-4-17(23-11-14)24-18(28)12-25-8-5-15(6-9-25)27(22)13-19(29)26-7-1-2-16(26)10-21;3-2(4,5)1(6)7/h3-4,11,15-16H,1-2,5-9,12-13,22H2,(H,23,24,28);(H,6,7)/t16-;/m0./s1. The SMILES string of the molecule is N#C[C@@H]1CCCN1C(=O)CN(N)C1CCN(CC(=O)Nc2ccc(Cl)cn2)CC1.O=C(O)C(F)(F)F. The molecule has 0 unspecified atom stereocenters. The van der Waals surface area contributed by atoms with E-state index in [1.165, 1.54) is 6.20 Å². The van der Waals surface area contributed by atoms with E-state index in [1.807, 2.05) is 0 Å². The van der Waals surface area contributed by atoms with Crippen molar-refractivity contribution in [1.82, 2.24) is 19.8 Å². The first-order valence-corrected chi connectivity index (χ1v) is 11.4. The topological polar surface area (TPSA) is 156 Å². The van der Waals surface area contributed by atoms with E-state index in [0.717, 1.165) is 38.8 Å². The molecule has 198 valence electrons. The molecule has 2 fully saturated rings. The number of rotatable bonds is 6. The van der Waals surface area contributed by atoms with Crippen LogP contribution in [-0.2, 0) is 14.4 Å². The van der Waals surface area contributed by atoms with Gasteiger partial charge in [0.25, 0.3) is 0 Å². The molecule has 0 aromatic carbocycles. The van der Waals surface area contributed by atoms with Crippen LogP contribution in [0.2, 0.25) is 5.02 Å². The average Bonchev–Trinajstić information content (AvgIpc) is 3.30. The minimum Gasteiger partial charge on any atom is -0.475 e. The monoisotopic (exact) mass is 533 g/mol. The van der Waals surface area contributed by atoms with Crippen LogP contribution in [0.3, 0.4) is 0 Å². The molecule has 2 aliphatic rings. The van der Waals surface area contributed by atoms with Gasteiger partial charge in [-0.3, -0.25) is 20.3 Å². The summed E-state index contributed by atoms with van der Waals surface area (Å²) in [5, 5.41) is 21.1. The van der Waals surface area contributed by atoms with Crippen LogP contribution in [0.1, 0.15) is 25.7 Å². The maximum absolute atomic E-state index is 12.4. The molecule has 15 heteroatoms. The fourth-order valence-electron chi connectivity index (χ4n) is 3.82. The Balaban J connectivity index is 0.000000572. The van der Waals surface area contributed by atoms with Gasteiger partial charge in [0, 0.05) is 31.9 Å². The van der Waals surface area contributed by atoms with Crippen molar-refractivity contribution in [1.29, 1.82) is 5.26 Å². The summed E-state index contributed by atoms with van der Waals surface area (Å²) in [5.41, 5.74) is 0. The van der Waals surface area contributed by atoms with Gasteiger partial charge in [-0.1, -0.05) is 11.6 Å². The quantitative estimate of drug-likeness (QED) is 0.364. The zero-order valence-corrected chi connectivity index (χ0v) is 20.0. The van der Waals surface area contributed by atoms with E-state index < -0.39 is 12.1 Å². The number of nitriles is 1. The van der Waals surface area contributed by atoms with E-state index >= 15 is 0 Å². The highest BCUT2D eigenvalue weighted by molar-refractivity contribution is 6.30. The smallest absolute Gasteiger partial charge is 0.475 e. The van der Waals surface area contributed by atoms with Gasteiger partial charge in [-0.15, -0.1) is 0 Å². The number of pyridine rings is 1. The van der Waals surface area contributed by atoms with Gasteiger partial charge in [-0.2, -0.15) is 18.4 Å². The minimum absolute atomic E-state index is 0.0827. The molecular formula is C21H27ClF3N7O4. The second-order valence-corrected chi connectivity index (χ2v) is 8.70. The first kappa shape index (κ1) is 29.2. The number of carboxylic acids is 1. The van der Waals surface area contributed by atoms with Gasteiger partial charge in [0.1, 0.15) is 11.9 Å². The van der Waals surface area contributed by atoms with Crippen molar-refractivity contribution in [3.05, 3.63) is 23.4 Å². The number of piperidine rings is 1. The molecule has 4 N–H and O–H groups in total. The Morgan fingerprint density at radius 3 is 2.42 bits per heavy atom. The largest absolute Gasteiger partial charge is 0.490 e. The Hall–Kier alpha value is -2.99. The molecule has 11 nitrogen and oxygen atoms in total. The maximum Gasteiger partial charge on any atom is 0.490 e. The van der Waals surface area contributed by atoms with Crippen molar-refractivity contribution >= 4 is 35.2 Å². The van der Waals surface area contributed by atoms with Gasteiger partial charge in [0.05, 0.1) is 24.2 Å². The summed E-state index contributed by atoms with van der Waals surface area (Å²) in [6, 6.07) is 5.27. The Bertz CT molecular complexity index is 950. The number of anilines is 1. The molecule has 2 aliphatic heterocycles. The van der Waals surface area contributed by atoms with Crippen LogP contribution in [0.25, 0.3) is 0 Å². The first-order chi connectivity index (χ1) is 16.9. The van der Waals surface area contributed by atoms with Crippen LogP contribution in [0.15, 0.2) is 18.3 Å². The lowest BCUT2D eigenvalue weighted by Gasteiger charge is -2.36. The number of carbonyl (C=O) groups excluding carboxylic acids is 2. The molecule has 0 spiro atoms. The predicted octanol–water partition coefficient (Wildman–Crippen LogP) is 1.46. The van der Waals surface area contributed by atoms with Crippen LogP contribution in [0.5, 0.6) is 0 Å². The molecule has 0 radical (unpaired) electrons. The Kier molecular flexibility index (Phi) is 10.8. The highest BCUT2D eigenvalue weighted by atomic mass is 35.5. The number of aromatic nitrogens is 1. The Morgan fingerprint density at radius 2 is 1.89 bits per heavy atom. The minimum atomic E-state index is -5.08. The molecule has 3 heterocycles.